The predicted octanol–water partition coefficient (Wildman–Crippen LogP) is 7.30. The lowest BCUT2D eigenvalue weighted by molar-refractivity contribution is 0.206. The molecule has 0 heterocycles. The minimum absolute atomic E-state index is 0.312. The summed E-state index contributed by atoms with van der Waals surface area (Å²) in [5.74, 6) is 3.14. The van der Waals surface area contributed by atoms with E-state index in [0.29, 0.717) is 11.1 Å². The van der Waals surface area contributed by atoms with Crippen LogP contribution in [0, 0.1) is 11.8 Å². The van der Waals surface area contributed by atoms with Crippen molar-refractivity contribution in [3.8, 4) is 0 Å². The van der Waals surface area contributed by atoms with Crippen LogP contribution in [0.25, 0.3) is 0 Å². The van der Waals surface area contributed by atoms with Gasteiger partial charge in [-0.3, -0.25) is 0 Å². The zero-order chi connectivity index (χ0) is 18.1. The van der Waals surface area contributed by atoms with E-state index in [2.05, 4.69) is 49.5 Å². The SMILES string of the molecule is C=CCCC(C1CCCC1)(C1c2ccccc2C2CCCCC21)P(=C)=C. The molecular weight excluding hydrogens is 331 g/mol. The molecule has 0 amide bonds. The molecule has 4 unspecified atom stereocenters. The summed E-state index contributed by atoms with van der Waals surface area (Å²) in [5, 5.41) is 0.312. The van der Waals surface area contributed by atoms with Gasteiger partial charge in [-0.1, -0.05) is 68.6 Å². The number of hydrogen-bond donors (Lipinski definition) is 0. The highest BCUT2D eigenvalue weighted by molar-refractivity contribution is 7.55. The Labute approximate surface area is 161 Å². The van der Waals surface area contributed by atoms with Crippen molar-refractivity contribution in [2.75, 3.05) is 0 Å². The van der Waals surface area contributed by atoms with Crippen LogP contribution in [0.5, 0.6) is 0 Å². The van der Waals surface area contributed by atoms with Crippen LogP contribution in [0.2, 0.25) is 0 Å². The van der Waals surface area contributed by atoms with Crippen LogP contribution < -0.4 is 0 Å². The van der Waals surface area contributed by atoms with E-state index in [-0.39, 0.29) is 0 Å². The van der Waals surface area contributed by atoms with Gasteiger partial charge in [-0.2, -0.15) is 0 Å². The third-order valence-electron chi connectivity index (χ3n) is 7.92. The second kappa shape index (κ2) is 7.55. The van der Waals surface area contributed by atoms with Crippen LogP contribution in [0.1, 0.15) is 87.2 Å². The van der Waals surface area contributed by atoms with Crippen molar-refractivity contribution in [3.05, 3.63) is 48.0 Å². The molecule has 1 heteroatoms. The fraction of sp³-hybridized carbons (Fsp3) is 0.600. The summed E-state index contributed by atoms with van der Waals surface area (Å²) in [5.41, 5.74) is 3.36. The zero-order valence-corrected chi connectivity index (χ0v) is 17.2. The molecule has 3 aliphatic rings. The normalized spacial score (nSPS) is 30.4. The fourth-order valence-electron chi connectivity index (χ4n) is 6.93. The Hall–Kier alpha value is -1.00. The second-order valence-electron chi connectivity index (χ2n) is 9.00. The highest BCUT2D eigenvalue weighted by Gasteiger charge is 2.54. The molecule has 1 aromatic carbocycles. The van der Waals surface area contributed by atoms with Gasteiger partial charge >= 0.3 is 0 Å². The Balaban J connectivity index is 1.87. The first-order valence-electron chi connectivity index (χ1n) is 10.8. The predicted molar refractivity (Wildman–Crippen MR) is 119 cm³/mol. The summed E-state index contributed by atoms with van der Waals surface area (Å²) in [4.78, 5) is 0. The molecular formula is C25H35P. The molecule has 26 heavy (non-hydrogen) atoms. The standard InChI is InChI=1S/C25H35P/c1-4-5-18-25(26(2)3,19-12-6-7-13-19)24-22-16-10-8-14-20(22)21-15-9-11-17-23(21)24/h4,8,10,14,16,19,21,23-24H,1-3,5-7,9,11-13,15,17-18H2. The van der Waals surface area contributed by atoms with Gasteiger partial charge in [0.15, 0.2) is 0 Å². The first kappa shape index (κ1) is 18.4. The molecule has 0 aromatic heterocycles. The van der Waals surface area contributed by atoms with Gasteiger partial charge in [-0.25, -0.2) is 0 Å². The van der Waals surface area contributed by atoms with Gasteiger partial charge in [0.05, 0.1) is 0 Å². The van der Waals surface area contributed by atoms with E-state index < -0.39 is 7.17 Å². The molecule has 0 bridgehead atoms. The summed E-state index contributed by atoms with van der Waals surface area (Å²) in [7, 11) is -0.486. The number of rotatable bonds is 6. The van der Waals surface area contributed by atoms with Crippen LogP contribution >= 0.6 is 7.17 Å². The van der Waals surface area contributed by atoms with E-state index in [4.69, 9.17) is 0 Å². The molecule has 0 nitrogen and oxygen atoms in total. The van der Waals surface area contributed by atoms with E-state index in [1.165, 1.54) is 57.8 Å². The van der Waals surface area contributed by atoms with E-state index in [9.17, 15) is 0 Å². The number of benzene rings is 1. The number of allylic oxidation sites excluding steroid dienone is 1. The molecule has 1 aromatic rings. The van der Waals surface area contributed by atoms with E-state index in [1.54, 1.807) is 11.1 Å². The summed E-state index contributed by atoms with van der Waals surface area (Å²) in [6.07, 6.45) is 25.1. The highest BCUT2D eigenvalue weighted by atomic mass is 31.1. The second-order valence-corrected chi connectivity index (χ2v) is 10.9. The summed E-state index contributed by atoms with van der Waals surface area (Å²) in [6.45, 7) is 4.07. The van der Waals surface area contributed by atoms with Gasteiger partial charge in [-0.15, -0.1) is 13.7 Å². The molecule has 4 rings (SSSR count). The third-order valence-corrected chi connectivity index (χ3v) is 9.96. The van der Waals surface area contributed by atoms with Gasteiger partial charge in [0, 0.05) is 11.1 Å². The molecule has 2 saturated carbocycles. The van der Waals surface area contributed by atoms with Crippen molar-refractivity contribution in [1.82, 2.24) is 0 Å². The summed E-state index contributed by atoms with van der Waals surface area (Å²) >= 11 is 0. The molecule has 4 atom stereocenters. The van der Waals surface area contributed by atoms with Gasteiger partial charge in [-0.05, 0) is 67.4 Å². The molecule has 0 N–H and O–H groups in total. The Morgan fingerprint density at radius 2 is 1.62 bits per heavy atom. The minimum atomic E-state index is -0.486. The van der Waals surface area contributed by atoms with Gasteiger partial charge < -0.3 is 0 Å². The molecule has 0 radical (unpaired) electrons. The lowest BCUT2D eigenvalue weighted by Crippen LogP contribution is -2.41. The summed E-state index contributed by atoms with van der Waals surface area (Å²) < 4.78 is 0. The first-order chi connectivity index (χ1) is 12.7. The van der Waals surface area contributed by atoms with Crippen molar-refractivity contribution in [2.45, 2.75) is 81.2 Å². The van der Waals surface area contributed by atoms with Crippen molar-refractivity contribution in [3.63, 3.8) is 0 Å². The van der Waals surface area contributed by atoms with Crippen LogP contribution in [0.15, 0.2) is 36.9 Å². The average Bonchev–Trinajstić information content (AvgIpc) is 3.30. The van der Waals surface area contributed by atoms with Crippen LogP contribution in [0.4, 0.5) is 0 Å². The molecule has 0 aliphatic heterocycles. The van der Waals surface area contributed by atoms with Gasteiger partial charge in [0.1, 0.15) is 0 Å². The highest BCUT2D eigenvalue weighted by Crippen LogP contribution is 2.65. The first-order valence-corrected chi connectivity index (χ1v) is 12.5. The maximum Gasteiger partial charge on any atom is 0.0179 e. The van der Waals surface area contributed by atoms with Crippen molar-refractivity contribution < 1.29 is 0 Å². The van der Waals surface area contributed by atoms with E-state index >= 15 is 0 Å². The van der Waals surface area contributed by atoms with Gasteiger partial charge in [0.25, 0.3) is 0 Å². The van der Waals surface area contributed by atoms with Crippen LogP contribution in [-0.2, 0) is 0 Å². The lowest BCUT2D eigenvalue weighted by Gasteiger charge is -2.47. The molecule has 0 spiro atoms. The minimum Gasteiger partial charge on any atom is -0.132 e. The molecule has 0 saturated heterocycles. The van der Waals surface area contributed by atoms with Crippen LogP contribution in [-0.4, -0.2) is 17.8 Å². The number of hydrogen-bond acceptors (Lipinski definition) is 0. The monoisotopic (exact) mass is 366 g/mol. The molecule has 140 valence electrons. The summed E-state index contributed by atoms with van der Waals surface area (Å²) in [6, 6.07) is 9.46. The molecule has 3 aliphatic carbocycles. The Kier molecular flexibility index (Phi) is 5.34. The topological polar surface area (TPSA) is 0 Å². The van der Waals surface area contributed by atoms with Crippen molar-refractivity contribution >= 4 is 19.8 Å². The Morgan fingerprint density at radius 1 is 0.962 bits per heavy atom. The van der Waals surface area contributed by atoms with Gasteiger partial charge in [0.2, 0.25) is 0 Å². The lowest BCUT2D eigenvalue weighted by atomic mass is 9.66. The fourth-order valence-corrected chi connectivity index (χ4v) is 8.88. The van der Waals surface area contributed by atoms with E-state index in [1.807, 2.05) is 0 Å². The smallest absolute Gasteiger partial charge is 0.0179 e. The van der Waals surface area contributed by atoms with E-state index in [0.717, 1.165) is 24.2 Å². The maximum atomic E-state index is 4.68. The van der Waals surface area contributed by atoms with Crippen molar-refractivity contribution in [1.29, 1.82) is 0 Å². The Morgan fingerprint density at radius 3 is 2.31 bits per heavy atom. The van der Waals surface area contributed by atoms with Crippen molar-refractivity contribution in [2.24, 2.45) is 11.8 Å². The third kappa shape index (κ3) is 2.80. The molecule has 2 fully saturated rings. The Bertz CT molecular complexity index is 713. The largest absolute Gasteiger partial charge is 0.132 e. The maximum absolute atomic E-state index is 4.68. The zero-order valence-electron chi connectivity index (χ0n) is 16.3. The number of fused-ring (bicyclic) bond motifs is 3. The quantitative estimate of drug-likeness (QED) is 0.366. The van der Waals surface area contributed by atoms with Crippen LogP contribution in [0.3, 0.4) is 0 Å². The average molecular weight is 367 g/mol.